The highest BCUT2D eigenvalue weighted by Crippen LogP contribution is 2.41. The highest BCUT2D eigenvalue weighted by molar-refractivity contribution is 6.16. The van der Waals surface area contributed by atoms with Crippen LogP contribution in [0.5, 0.6) is 5.75 Å². The number of aliphatic hydroxyl groups is 1. The number of furan rings is 1. The number of amides is 1. The molecule has 1 amide bonds. The van der Waals surface area contributed by atoms with Crippen LogP contribution in [0.15, 0.2) is 64.3 Å². The van der Waals surface area contributed by atoms with Crippen LogP contribution in [0.3, 0.4) is 0 Å². The molecule has 172 valence electrons. The van der Waals surface area contributed by atoms with E-state index < -0.39 is 29.3 Å². The molecular weight excluding hydrogens is 427 g/mol. The summed E-state index contributed by atoms with van der Waals surface area (Å²) in [5, 5.41) is 11.4. The Morgan fingerprint density at radius 1 is 1.21 bits per heavy atom. The average molecular weight is 452 g/mol. The molecule has 4 rings (SSSR count). The van der Waals surface area contributed by atoms with Crippen LogP contribution in [-0.2, 0) is 4.79 Å². The summed E-state index contributed by atoms with van der Waals surface area (Å²) in [6, 6.07) is 11.6. The zero-order chi connectivity index (χ0) is 23.7. The van der Waals surface area contributed by atoms with Crippen molar-refractivity contribution in [2.45, 2.75) is 12.5 Å². The number of rotatable bonds is 8. The summed E-state index contributed by atoms with van der Waals surface area (Å²) >= 11 is 0. The quantitative estimate of drug-likeness (QED) is 0.518. The monoisotopic (exact) mass is 452 g/mol. The molecule has 0 saturated heterocycles. The van der Waals surface area contributed by atoms with Crippen molar-refractivity contribution in [1.29, 1.82) is 0 Å². The molecule has 0 fully saturated rings. The largest absolute Gasteiger partial charge is 0.503 e. The molecule has 2 aromatic carbocycles. The van der Waals surface area contributed by atoms with Gasteiger partial charge >= 0.3 is 0 Å². The summed E-state index contributed by atoms with van der Waals surface area (Å²) < 4.78 is 25.9. The molecule has 1 aromatic heterocycles. The van der Waals surface area contributed by atoms with Crippen LogP contribution in [-0.4, -0.2) is 60.9 Å². The Morgan fingerprint density at radius 2 is 1.97 bits per heavy atom. The Kier molecular flexibility index (Phi) is 6.20. The molecule has 0 spiro atoms. The van der Waals surface area contributed by atoms with Gasteiger partial charge in [-0.05, 0) is 45.3 Å². The molecule has 8 heteroatoms. The van der Waals surface area contributed by atoms with E-state index in [1.807, 2.05) is 19.0 Å². The first-order valence-electron chi connectivity index (χ1n) is 10.6. The number of hydrogen-bond donors (Lipinski definition) is 1. The third-order valence-corrected chi connectivity index (χ3v) is 5.70. The summed E-state index contributed by atoms with van der Waals surface area (Å²) in [5.74, 6) is -2.27. The fraction of sp³-hybridized carbons (Fsp3) is 0.280. The molecule has 7 nitrogen and oxygen atoms in total. The molecule has 0 saturated carbocycles. The topological polar surface area (TPSA) is 83.2 Å². The number of nitrogens with zero attached hydrogens (tertiary/aromatic N) is 2. The summed E-state index contributed by atoms with van der Waals surface area (Å²) in [6.45, 7) is 0.923. The SMILES string of the molecule is COc1cccc2cc(C(=O)C3=C(O)C(=O)N(CCCN(C)C)[C@H]3c3ccccc3F)oc12. The molecule has 0 unspecified atom stereocenters. The van der Waals surface area contributed by atoms with Crippen molar-refractivity contribution in [3.63, 3.8) is 0 Å². The molecule has 0 radical (unpaired) electrons. The van der Waals surface area contributed by atoms with Gasteiger partial charge in [0.2, 0.25) is 5.78 Å². The second-order valence-corrected chi connectivity index (χ2v) is 8.16. The minimum Gasteiger partial charge on any atom is -0.503 e. The summed E-state index contributed by atoms with van der Waals surface area (Å²) in [4.78, 5) is 29.8. The minimum absolute atomic E-state index is 0.0691. The third-order valence-electron chi connectivity index (χ3n) is 5.70. The number of carbonyl (C=O) groups excluding carboxylic acids is 2. The predicted octanol–water partition coefficient (Wildman–Crippen LogP) is 4.11. The lowest BCUT2D eigenvalue weighted by Gasteiger charge is -2.27. The van der Waals surface area contributed by atoms with Crippen LogP contribution in [0.25, 0.3) is 11.0 Å². The molecule has 3 aromatic rings. The maximum Gasteiger partial charge on any atom is 0.290 e. The minimum atomic E-state index is -1.07. The van der Waals surface area contributed by atoms with Gasteiger partial charge in [0.15, 0.2) is 22.9 Å². The van der Waals surface area contributed by atoms with Gasteiger partial charge in [-0.3, -0.25) is 9.59 Å². The van der Waals surface area contributed by atoms with E-state index in [4.69, 9.17) is 9.15 Å². The van der Waals surface area contributed by atoms with Crippen molar-refractivity contribution in [3.8, 4) is 5.75 Å². The number of fused-ring (bicyclic) bond motifs is 1. The number of carbonyl (C=O) groups is 2. The van der Waals surface area contributed by atoms with Crippen LogP contribution in [0.4, 0.5) is 4.39 Å². The van der Waals surface area contributed by atoms with Gasteiger partial charge in [-0.1, -0.05) is 30.3 Å². The maximum absolute atomic E-state index is 14.8. The van der Waals surface area contributed by atoms with Crippen molar-refractivity contribution in [3.05, 3.63) is 77.0 Å². The summed E-state index contributed by atoms with van der Waals surface area (Å²) in [6.07, 6.45) is 0.584. The maximum atomic E-state index is 14.8. The highest BCUT2D eigenvalue weighted by atomic mass is 19.1. The molecule has 0 bridgehead atoms. The van der Waals surface area contributed by atoms with Gasteiger partial charge in [-0.25, -0.2) is 4.39 Å². The molecule has 1 aliphatic heterocycles. The highest BCUT2D eigenvalue weighted by Gasteiger charge is 2.45. The Hall–Kier alpha value is -3.65. The number of ether oxygens (including phenoxy) is 1. The fourth-order valence-corrected chi connectivity index (χ4v) is 4.14. The number of para-hydroxylation sites is 1. The number of Topliss-reactive ketones (excluding diaryl/α,β-unsaturated/α-hetero) is 1. The van der Waals surface area contributed by atoms with Crippen LogP contribution >= 0.6 is 0 Å². The van der Waals surface area contributed by atoms with Crippen LogP contribution < -0.4 is 4.74 Å². The van der Waals surface area contributed by atoms with Crippen molar-refractivity contribution in [2.75, 3.05) is 34.3 Å². The number of methoxy groups -OCH3 is 1. The zero-order valence-electron chi connectivity index (χ0n) is 18.7. The molecule has 1 atom stereocenters. The number of halogens is 1. The summed E-state index contributed by atoms with van der Waals surface area (Å²) in [7, 11) is 5.30. The predicted molar refractivity (Wildman–Crippen MR) is 121 cm³/mol. The zero-order valence-corrected chi connectivity index (χ0v) is 18.7. The van der Waals surface area contributed by atoms with E-state index >= 15 is 0 Å². The average Bonchev–Trinajstić information content (AvgIpc) is 3.34. The van der Waals surface area contributed by atoms with E-state index in [1.54, 1.807) is 24.3 Å². The summed E-state index contributed by atoms with van der Waals surface area (Å²) in [5.41, 5.74) is 0.308. The lowest BCUT2D eigenvalue weighted by molar-refractivity contribution is -0.129. The van der Waals surface area contributed by atoms with Gasteiger partial charge in [-0.15, -0.1) is 0 Å². The molecule has 2 heterocycles. The Morgan fingerprint density at radius 3 is 2.67 bits per heavy atom. The van der Waals surface area contributed by atoms with Crippen molar-refractivity contribution in [1.82, 2.24) is 9.80 Å². The first-order valence-corrected chi connectivity index (χ1v) is 10.6. The van der Waals surface area contributed by atoms with Gasteiger partial charge in [0.05, 0.1) is 18.7 Å². The van der Waals surface area contributed by atoms with E-state index in [2.05, 4.69) is 0 Å². The number of benzene rings is 2. The standard InChI is InChI=1S/C25H25FN2O5/c1-27(2)12-7-13-28-21(16-9-4-5-10-17(16)26)20(23(30)25(28)31)22(29)19-14-15-8-6-11-18(32-3)24(15)33-19/h4-6,8-11,14,21,30H,7,12-13H2,1-3H3/t21-/m0/s1. The molecule has 1 N–H and O–H groups in total. The van der Waals surface area contributed by atoms with Gasteiger partial charge in [0.25, 0.3) is 5.91 Å². The lowest BCUT2D eigenvalue weighted by atomic mass is 9.94. The smallest absolute Gasteiger partial charge is 0.290 e. The van der Waals surface area contributed by atoms with Crippen molar-refractivity contribution in [2.24, 2.45) is 0 Å². The number of ketones is 1. The second kappa shape index (κ2) is 9.07. The van der Waals surface area contributed by atoms with Crippen molar-refractivity contribution < 1.29 is 28.2 Å². The Labute approximate surface area is 190 Å². The van der Waals surface area contributed by atoms with E-state index in [-0.39, 0.29) is 23.4 Å². The molecule has 0 aliphatic carbocycles. The Bertz CT molecular complexity index is 1250. The second-order valence-electron chi connectivity index (χ2n) is 8.16. The first kappa shape index (κ1) is 22.5. The molecule has 1 aliphatic rings. The van der Waals surface area contributed by atoms with Gasteiger partial charge in [0.1, 0.15) is 5.82 Å². The third kappa shape index (κ3) is 4.09. The van der Waals surface area contributed by atoms with E-state index in [0.29, 0.717) is 29.7 Å². The first-order chi connectivity index (χ1) is 15.8. The Balaban J connectivity index is 1.78. The van der Waals surface area contributed by atoms with Gasteiger partial charge in [-0.2, -0.15) is 0 Å². The van der Waals surface area contributed by atoms with E-state index in [0.717, 1.165) is 0 Å². The van der Waals surface area contributed by atoms with Crippen LogP contribution in [0.1, 0.15) is 28.6 Å². The molecule has 33 heavy (non-hydrogen) atoms. The molecular formula is C25H25FN2O5. The van der Waals surface area contributed by atoms with Crippen LogP contribution in [0.2, 0.25) is 0 Å². The number of hydrogen-bond acceptors (Lipinski definition) is 6. The normalized spacial score (nSPS) is 16.3. The van der Waals surface area contributed by atoms with Crippen molar-refractivity contribution >= 4 is 22.7 Å². The van der Waals surface area contributed by atoms with Gasteiger partial charge in [0, 0.05) is 17.5 Å². The van der Waals surface area contributed by atoms with Crippen LogP contribution in [0, 0.1) is 5.82 Å². The van der Waals surface area contributed by atoms with E-state index in [1.165, 1.54) is 36.3 Å². The lowest BCUT2D eigenvalue weighted by Crippen LogP contribution is -2.34. The van der Waals surface area contributed by atoms with E-state index in [9.17, 15) is 19.1 Å². The fourth-order valence-electron chi connectivity index (χ4n) is 4.14. The number of aliphatic hydroxyl groups excluding tert-OH is 1. The van der Waals surface area contributed by atoms with Gasteiger partial charge < -0.3 is 24.1 Å².